The maximum atomic E-state index is 12.7. The summed E-state index contributed by atoms with van der Waals surface area (Å²) in [5, 5.41) is 7.26. The zero-order valence-corrected chi connectivity index (χ0v) is 15.6. The van der Waals surface area contributed by atoms with Crippen molar-refractivity contribution >= 4 is 5.91 Å². The van der Waals surface area contributed by atoms with Gasteiger partial charge >= 0.3 is 5.69 Å². The van der Waals surface area contributed by atoms with E-state index in [1.807, 2.05) is 13.0 Å². The van der Waals surface area contributed by atoms with E-state index < -0.39 is 0 Å². The molecular weight excluding hydrogens is 360 g/mol. The van der Waals surface area contributed by atoms with Crippen molar-refractivity contribution in [1.29, 1.82) is 0 Å². The summed E-state index contributed by atoms with van der Waals surface area (Å²) in [6.07, 6.45) is 3.49. The Morgan fingerprint density at radius 1 is 1.29 bits per heavy atom. The highest BCUT2D eigenvalue weighted by Gasteiger charge is 2.31. The molecule has 0 bridgehead atoms. The second-order valence-electron chi connectivity index (χ2n) is 6.59. The molecule has 0 spiro atoms. The zero-order valence-electron chi connectivity index (χ0n) is 15.6. The Bertz CT molecular complexity index is 1020. The van der Waals surface area contributed by atoms with Crippen LogP contribution in [0.25, 0.3) is 11.6 Å². The lowest BCUT2D eigenvalue weighted by Gasteiger charge is -2.10. The van der Waals surface area contributed by atoms with Crippen LogP contribution in [0.5, 0.6) is 5.75 Å². The molecule has 3 aromatic rings. The first kappa shape index (κ1) is 18.1. The van der Waals surface area contributed by atoms with Crippen molar-refractivity contribution in [2.75, 3.05) is 13.2 Å². The number of carbonyl (C=O) groups excluding carboxylic acids is 1. The van der Waals surface area contributed by atoms with E-state index in [2.05, 4.69) is 10.4 Å². The van der Waals surface area contributed by atoms with Gasteiger partial charge in [-0.3, -0.25) is 9.36 Å². The summed E-state index contributed by atoms with van der Waals surface area (Å²) in [5.41, 5.74) is 0.286. The monoisotopic (exact) mass is 382 g/mol. The Morgan fingerprint density at radius 2 is 2.11 bits per heavy atom. The van der Waals surface area contributed by atoms with Crippen LogP contribution in [-0.4, -0.2) is 33.4 Å². The average Bonchev–Trinajstić information content (AvgIpc) is 3.27. The molecule has 28 heavy (non-hydrogen) atoms. The van der Waals surface area contributed by atoms with E-state index in [-0.39, 0.29) is 30.7 Å². The number of carbonyl (C=O) groups is 1. The fourth-order valence-corrected chi connectivity index (χ4v) is 3.11. The van der Waals surface area contributed by atoms with Gasteiger partial charge in [-0.15, -0.1) is 5.10 Å². The van der Waals surface area contributed by atoms with E-state index >= 15 is 0 Å². The standard InChI is InChI=1S/C20H22N4O4/c1-2-27-16-7-4-3-6-15(16)19(25)21-11-12-23-20(26)24(14-9-10-14)18(22-23)17-8-5-13-28-17/h3-8,13-14H,2,9-12H2,1H3,(H,21,25). The number of furan rings is 1. The van der Waals surface area contributed by atoms with Gasteiger partial charge in [-0.2, -0.15) is 0 Å². The molecule has 8 heteroatoms. The van der Waals surface area contributed by atoms with Crippen molar-refractivity contribution in [2.24, 2.45) is 0 Å². The average molecular weight is 382 g/mol. The Morgan fingerprint density at radius 3 is 2.82 bits per heavy atom. The van der Waals surface area contributed by atoms with Gasteiger partial charge in [-0.05, 0) is 44.0 Å². The fraction of sp³-hybridized carbons (Fsp3) is 0.350. The molecule has 8 nitrogen and oxygen atoms in total. The maximum Gasteiger partial charge on any atom is 0.346 e. The van der Waals surface area contributed by atoms with E-state index in [0.717, 1.165) is 12.8 Å². The second-order valence-corrected chi connectivity index (χ2v) is 6.59. The van der Waals surface area contributed by atoms with Crippen LogP contribution >= 0.6 is 0 Å². The first-order valence-electron chi connectivity index (χ1n) is 9.42. The first-order valence-corrected chi connectivity index (χ1v) is 9.42. The molecule has 0 saturated heterocycles. The van der Waals surface area contributed by atoms with E-state index in [4.69, 9.17) is 9.15 Å². The quantitative estimate of drug-likeness (QED) is 0.646. The second kappa shape index (κ2) is 7.75. The number of amides is 1. The van der Waals surface area contributed by atoms with Gasteiger partial charge in [0.15, 0.2) is 5.76 Å². The smallest absolute Gasteiger partial charge is 0.346 e. The molecule has 146 valence electrons. The van der Waals surface area contributed by atoms with Gasteiger partial charge < -0.3 is 14.5 Å². The van der Waals surface area contributed by atoms with E-state index in [1.165, 1.54) is 4.68 Å². The molecule has 1 amide bonds. The molecule has 1 fully saturated rings. The number of rotatable bonds is 8. The van der Waals surface area contributed by atoms with Gasteiger partial charge in [0.05, 0.1) is 25.0 Å². The highest BCUT2D eigenvalue weighted by atomic mass is 16.5. The molecule has 2 aromatic heterocycles. The highest BCUT2D eigenvalue weighted by Crippen LogP contribution is 2.36. The molecule has 0 atom stereocenters. The van der Waals surface area contributed by atoms with Crippen molar-refractivity contribution in [2.45, 2.75) is 32.4 Å². The molecule has 1 N–H and O–H groups in total. The van der Waals surface area contributed by atoms with Crippen LogP contribution in [0.1, 0.15) is 36.2 Å². The normalized spacial score (nSPS) is 13.5. The molecule has 2 heterocycles. The number of hydrogen-bond acceptors (Lipinski definition) is 5. The van der Waals surface area contributed by atoms with Crippen LogP contribution in [0.15, 0.2) is 51.9 Å². The predicted molar refractivity (Wildman–Crippen MR) is 102 cm³/mol. The fourth-order valence-electron chi connectivity index (χ4n) is 3.11. The number of para-hydroxylation sites is 1. The molecule has 0 radical (unpaired) electrons. The minimum atomic E-state index is -0.245. The van der Waals surface area contributed by atoms with Crippen LogP contribution in [0, 0.1) is 0 Å². The maximum absolute atomic E-state index is 12.7. The summed E-state index contributed by atoms with van der Waals surface area (Å²) < 4.78 is 14.0. The minimum Gasteiger partial charge on any atom is -0.493 e. The predicted octanol–water partition coefficient (Wildman–Crippen LogP) is 2.47. The summed E-state index contributed by atoms with van der Waals surface area (Å²) in [6.45, 7) is 2.90. The third kappa shape index (κ3) is 3.58. The molecule has 4 rings (SSSR count). The third-order valence-electron chi connectivity index (χ3n) is 4.56. The van der Waals surface area contributed by atoms with Gasteiger partial charge in [0.25, 0.3) is 5.91 Å². The minimum absolute atomic E-state index is 0.175. The number of nitrogens with one attached hydrogen (secondary N) is 1. The lowest BCUT2D eigenvalue weighted by molar-refractivity contribution is 0.0948. The summed E-state index contributed by atoms with van der Waals surface area (Å²) in [4.78, 5) is 25.2. The van der Waals surface area contributed by atoms with Gasteiger partial charge in [0.2, 0.25) is 5.82 Å². The number of hydrogen-bond donors (Lipinski definition) is 1. The van der Waals surface area contributed by atoms with Crippen molar-refractivity contribution < 1.29 is 13.9 Å². The number of nitrogens with zero attached hydrogens (tertiary/aromatic N) is 3. The van der Waals surface area contributed by atoms with Gasteiger partial charge in [0.1, 0.15) is 5.75 Å². The summed E-state index contributed by atoms with van der Waals surface area (Å²) >= 11 is 0. The molecule has 0 unspecified atom stereocenters. The number of aromatic nitrogens is 3. The molecule has 1 aliphatic carbocycles. The van der Waals surface area contributed by atoms with Crippen molar-refractivity contribution in [3.63, 3.8) is 0 Å². The molecule has 1 saturated carbocycles. The van der Waals surface area contributed by atoms with E-state index in [9.17, 15) is 9.59 Å². The Balaban J connectivity index is 1.47. The van der Waals surface area contributed by atoms with Crippen LogP contribution in [0.4, 0.5) is 0 Å². The van der Waals surface area contributed by atoms with Crippen LogP contribution < -0.4 is 15.7 Å². The number of ether oxygens (including phenoxy) is 1. The number of benzene rings is 1. The highest BCUT2D eigenvalue weighted by molar-refractivity contribution is 5.96. The lowest BCUT2D eigenvalue weighted by atomic mass is 10.2. The molecule has 0 aliphatic heterocycles. The largest absolute Gasteiger partial charge is 0.493 e. The van der Waals surface area contributed by atoms with Gasteiger partial charge in [-0.25, -0.2) is 9.48 Å². The van der Waals surface area contributed by atoms with E-state index in [0.29, 0.717) is 29.5 Å². The SMILES string of the molecule is CCOc1ccccc1C(=O)NCCn1nc(-c2ccco2)n(C2CC2)c1=O. The van der Waals surface area contributed by atoms with E-state index in [1.54, 1.807) is 41.2 Å². The third-order valence-corrected chi connectivity index (χ3v) is 4.56. The first-order chi connectivity index (χ1) is 13.7. The van der Waals surface area contributed by atoms with Crippen molar-refractivity contribution in [1.82, 2.24) is 19.7 Å². The van der Waals surface area contributed by atoms with Gasteiger partial charge in [0, 0.05) is 12.6 Å². The van der Waals surface area contributed by atoms with Crippen LogP contribution in [0.3, 0.4) is 0 Å². The van der Waals surface area contributed by atoms with Crippen LogP contribution in [0.2, 0.25) is 0 Å². The Labute approximate surface area is 161 Å². The summed E-state index contributed by atoms with van der Waals surface area (Å²) in [5.74, 6) is 1.39. The Hall–Kier alpha value is -3.29. The van der Waals surface area contributed by atoms with Crippen molar-refractivity contribution in [3.8, 4) is 17.3 Å². The molecule has 1 aliphatic rings. The lowest BCUT2D eigenvalue weighted by Crippen LogP contribution is -2.32. The summed E-state index contributed by atoms with van der Waals surface area (Å²) in [7, 11) is 0. The van der Waals surface area contributed by atoms with Gasteiger partial charge in [-0.1, -0.05) is 12.1 Å². The molecule has 1 aromatic carbocycles. The topological polar surface area (TPSA) is 91.3 Å². The zero-order chi connectivity index (χ0) is 19.5. The summed E-state index contributed by atoms with van der Waals surface area (Å²) in [6, 6.07) is 10.8. The van der Waals surface area contributed by atoms with Crippen molar-refractivity contribution in [3.05, 3.63) is 58.7 Å². The Kier molecular flexibility index (Phi) is 5.01. The van der Waals surface area contributed by atoms with Crippen LogP contribution in [-0.2, 0) is 6.54 Å². The molecular formula is C20H22N4O4.